The first kappa shape index (κ1) is 18.1. The average Bonchev–Trinajstić information content (AvgIpc) is 2.99. The van der Waals surface area contributed by atoms with Crippen molar-refractivity contribution in [2.24, 2.45) is 17.2 Å². The lowest BCUT2D eigenvalue weighted by molar-refractivity contribution is -0.120. The number of guanidine groups is 1. The number of aliphatic imine (C=N–C) groups is 1. The minimum atomic E-state index is -3.71. The van der Waals surface area contributed by atoms with Crippen LogP contribution in [-0.2, 0) is 28.4 Å². The molecular weight excluding hydrogens is 356 g/mol. The zero-order chi connectivity index (χ0) is 18.9. The summed E-state index contributed by atoms with van der Waals surface area (Å²) in [5.41, 5.74) is 2.32. The number of carbonyl (C=O) groups excluding carboxylic acids is 1. The maximum atomic E-state index is 12.3. The van der Waals surface area contributed by atoms with Gasteiger partial charge < -0.3 is 10.6 Å². The van der Waals surface area contributed by atoms with Gasteiger partial charge in [-0.3, -0.25) is 9.48 Å². The second-order valence-electron chi connectivity index (χ2n) is 5.94. The molecule has 2 aromatic rings. The van der Waals surface area contributed by atoms with Crippen LogP contribution in [0.5, 0.6) is 0 Å². The molecule has 1 aromatic carbocycles. The first-order valence-electron chi connectivity index (χ1n) is 8.04. The van der Waals surface area contributed by atoms with Crippen LogP contribution in [0.1, 0.15) is 30.6 Å². The molecule has 2 heterocycles. The number of nitrogens with zero attached hydrogens (tertiary/aromatic N) is 3. The Morgan fingerprint density at radius 3 is 2.65 bits per heavy atom. The minimum Gasteiger partial charge on any atom is -0.341 e. The van der Waals surface area contributed by atoms with Gasteiger partial charge in [0.05, 0.1) is 29.0 Å². The fraction of sp³-hybridized carbons (Fsp3) is 0.312. The van der Waals surface area contributed by atoms with Gasteiger partial charge in [0.25, 0.3) is 0 Å². The Hall–Kier alpha value is -2.72. The number of nitrogens with two attached hydrogens (primary N) is 1. The molecule has 10 heteroatoms. The number of rotatable bonds is 5. The van der Waals surface area contributed by atoms with E-state index in [4.69, 9.17) is 5.14 Å². The standard InChI is InChI=1S/C16H20N6O3S/c1-3-13(23)14-15-12(9-19-22(15)2)20-16(21-14)18-8-10-4-6-11(7-5-10)26(17,24)25/h4-7,9,14H,3,8H2,1-2H3,(H2,17,24,25)(H2,18,20,21). The van der Waals surface area contributed by atoms with Crippen LogP contribution in [0.2, 0.25) is 0 Å². The van der Waals surface area contributed by atoms with Crippen LogP contribution in [0.25, 0.3) is 0 Å². The number of benzene rings is 1. The topological polar surface area (TPSA) is 131 Å². The third kappa shape index (κ3) is 3.60. The number of ketones is 1. The van der Waals surface area contributed by atoms with Gasteiger partial charge in [0.1, 0.15) is 6.04 Å². The van der Waals surface area contributed by atoms with Gasteiger partial charge in [0.2, 0.25) is 10.0 Å². The van der Waals surface area contributed by atoms with Gasteiger partial charge in [-0.1, -0.05) is 19.1 Å². The Bertz CT molecular complexity index is 962. The number of carbonyl (C=O) groups is 1. The molecule has 138 valence electrons. The molecule has 0 saturated carbocycles. The third-order valence-electron chi connectivity index (χ3n) is 4.13. The summed E-state index contributed by atoms with van der Waals surface area (Å²) < 4.78 is 24.2. The molecule has 0 aliphatic carbocycles. The largest absolute Gasteiger partial charge is 0.341 e. The SMILES string of the molecule is CCC(=O)C1NC(=NCc2ccc(S(N)(=O)=O)cc2)Nc2cnn(C)c21. The molecule has 0 bridgehead atoms. The number of fused-ring (bicyclic) bond motifs is 1. The van der Waals surface area contributed by atoms with E-state index < -0.39 is 16.1 Å². The van der Waals surface area contributed by atoms with E-state index in [1.165, 1.54) is 12.1 Å². The summed E-state index contributed by atoms with van der Waals surface area (Å²) in [6.07, 6.45) is 2.05. The highest BCUT2D eigenvalue weighted by Crippen LogP contribution is 2.27. The summed E-state index contributed by atoms with van der Waals surface area (Å²) >= 11 is 0. The van der Waals surface area contributed by atoms with Crippen LogP contribution in [-0.4, -0.2) is 29.9 Å². The summed E-state index contributed by atoms with van der Waals surface area (Å²) in [4.78, 5) is 16.8. The van der Waals surface area contributed by atoms with E-state index in [0.29, 0.717) is 18.9 Å². The molecule has 1 atom stereocenters. The van der Waals surface area contributed by atoms with Crippen LogP contribution < -0.4 is 15.8 Å². The summed E-state index contributed by atoms with van der Waals surface area (Å²) in [5.74, 6) is 0.509. The molecule has 26 heavy (non-hydrogen) atoms. The number of sulfonamides is 1. The van der Waals surface area contributed by atoms with Gasteiger partial charge in [0.15, 0.2) is 11.7 Å². The second-order valence-corrected chi connectivity index (χ2v) is 7.50. The Kier molecular flexibility index (Phi) is 4.79. The lowest BCUT2D eigenvalue weighted by Gasteiger charge is -2.26. The van der Waals surface area contributed by atoms with Gasteiger partial charge >= 0.3 is 0 Å². The van der Waals surface area contributed by atoms with E-state index in [1.807, 2.05) is 6.92 Å². The zero-order valence-electron chi connectivity index (χ0n) is 14.4. The first-order valence-corrected chi connectivity index (χ1v) is 9.58. The number of aromatic nitrogens is 2. The number of hydrogen-bond acceptors (Lipinski definition) is 5. The lowest BCUT2D eigenvalue weighted by atomic mass is 10.0. The number of nitrogens with one attached hydrogen (secondary N) is 2. The Morgan fingerprint density at radius 2 is 2.04 bits per heavy atom. The van der Waals surface area contributed by atoms with Crippen molar-refractivity contribution in [3.8, 4) is 0 Å². The molecule has 1 aromatic heterocycles. The maximum Gasteiger partial charge on any atom is 0.238 e. The van der Waals surface area contributed by atoms with Gasteiger partial charge in [-0.15, -0.1) is 0 Å². The van der Waals surface area contributed by atoms with Crippen molar-refractivity contribution in [1.82, 2.24) is 15.1 Å². The molecule has 0 fully saturated rings. The van der Waals surface area contributed by atoms with Crippen LogP contribution in [0, 0.1) is 0 Å². The molecule has 4 N–H and O–H groups in total. The smallest absolute Gasteiger partial charge is 0.238 e. The van der Waals surface area contributed by atoms with Crippen molar-refractivity contribution in [3.63, 3.8) is 0 Å². The molecule has 1 unspecified atom stereocenters. The predicted octanol–water partition coefficient (Wildman–Crippen LogP) is 0.659. The molecular formula is C16H20N6O3S. The molecule has 3 rings (SSSR count). The number of anilines is 1. The number of Topliss-reactive ketones (excluding diaryl/α,β-unsaturated/α-hetero) is 1. The summed E-state index contributed by atoms with van der Waals surface area (Å²) in [6, 6.07) is 5.67. The quantitative estimate of drug-likeness (QED) is 0.702. The molecule has 0 saturated heterocycles. The summed E-state index contributed by atoms with van der Waals surface area (Å²) in [5, 5.41) is 15.5. The van der Waals surface area contributed by atoms with Crippen LogP contribution in [0.4, 0.5) is 5.69 Å². The van der Waals surface area contributed by atoms with E-state index >= 15 is 0 Å². The Labute approximate surface area is 151 Å². The highest BCUT2D eigenvalue weighted by molar-refractivity contribution is 7.89. The van der Waals surface area contributed by atoms with E-state index in [1.54, 1.807) is 30.1 Å². The lowest BCUT2D eigenvalue weighted by Crippen LogP contribution is -2.43. The monoisotopic (exact) mass is 376 g/mol. The van der Waals surface area contributed by atoms with Crippen LogP contribution >= 0.6 is 0 Å². The van der Waals surface area contributed by atoms with Crippen LogP contribution in [0.15, 0.2) is 40.4 Å². The predicted molar refractivity (Wildman–Crippen MR) is 97.0 cm³/mol. The summed E-state index contributed by atoms with van der Waals surface area (Å²) in [6.45, 7) is 2.12. The van der Waals surface area contributed by atoms with Crippen molar-refractivity contribution in [2.45, 2.75) is 30.8 Å². The Balaban J connectivity index is 1.80. The fourth-order valence-corrected chi connectivity index (χ4v) is 3.25. The van der Waals surface area contributed by atoms with E-state index in [9.17, 15) is 13.2 Å². The molecule has 0 radical (unpaired) electrons. The fourth-order valence-electron chi connectivity index (χ4n) is 2.73. The number of primary sulfonamides is 1. The van der Waals surface area contributed by atoms with Gasteiger partial charge in [-0.25, -0.2) is 18.5 Å². The molecule has 1 aliphatic rings. The van der Waals surface area contributed by atoms with Crippen molar-refractivity contribution < 1.29 is 13.2 Å². The first-order chi connectivity index (χ1) is 12.3. The van der Waals surface area contributed by atoms with Crippen molar-refractivity contribution in [1.29, 1.82) is 0 Å². The maximum absolute atomic E-state index is 12.3. The highest BCUT2D eigenvalue weighted by atomic mass is 32.2. The zero-order valence-corrected chi connectivity index (χ0v) is 15.2. The second kappa shape index (κ2) is 6.89. The highest BCUT2D eigenvalue weighted by Gasteiger charge is 2.31. The van der Waals surface area contributed by atoms with Gasteiger partial charge in [-0.05, 0) is 17.7 Å². The van der Waals surface area contributed by atoms with E-state index in [0.717, 1.165) is 16.9 Å². The molecule has 0 spiro atoms. The van der Waals surface area contributed by atoms with E-state index in [-0.39, 0.29) is 10.7 Å². The number of aryl methyl sites for hydroxylation is 1. The summed E-state index contributed by atoms with van der Waals surface area (Å²) in [7, 11) is -1.93. The third-order valence-corrected chi connectivity index (χ3v) is 5.06. The van der Waals surface area contributed by atoms with E-state index in [2.05, 4.69) is 20.7 Å². The average molecular weight is 376 g/mol. The molecule has 9 nitrogen and oxygen atoms in total. The van der Waals surface area contributed by atoms with Crippen LogP contribution in [0.3, 0.4) is 0 Å². The van der Waals surface area contributed by atoms with Crippen molar-refractivity contribution in [2.75, 3.05) is 5.32 Å². The van der Waals surface area contributed by atoms with Crippen molar-refractivity contribution >= 4 is 27.5 Å². The normalized spacial score (nSPS) is 18.1. The van der Waals surface area contributed by atoms with Gasteiger partial charge in [0, 0.05) is 13.5 Å². The van der Waals surface area contributed by atoms with Crippen molar-refractivity contribution in [3.05, 3.63) is 41.7 Å². The van der Waals surface area contributed by atoms with Gasteiger partial charge in [-0.2, -0.15) is 5.10 Å². The minimum absolute atomic E-state index is 0.0431. The molecule has 1 aliphatic heterocycles. The number of hydrogen-bond donors (Lipinski definition) is 3. The molecule has 0 amide bonds. The Morgan fingerprint density at radius 1 is 1.35 bits per heavy atom.